The number of carboxylic acids is 1. The van der Waals surface area contributed by atoms with Crippen LogP contribution in [0.3, 0.4) is 0 Å². The first kappa shape index (κ1) is 18.8. The lowest BCUT2D eigenvalue weighted by atomic mass is 9.73. The summed E-state index contributed by atoms with van der Waals surface area (Å²) in [6.07, 6.45) is 0. The third-order valence-electron chi connectivity index (χ3n) is 4.96. The van der Waals surface area contributed by atoms with Gasteiger partial charge < -0.3 is 14.9 Å². The van der Waals surface area contributed by atoms with Gasteiger partial charge in [0.1, 0.15) is 5.41 Å². The normalized spacial score (nSPS) is 11.3. The average molecular weight is 340 g/mol. The van der Waals surface area contributed by atoms with E-state index in [4.69, 9.17) is 0 Å². The molecule has 0 saturated heterocycles. The fraction of sp³-hybridized carbons (Fsp3) is 0.381. The molecule has 0 spiro atoms. The number of anilines is 2. The Morgan fingerprint density at radius 1 is 0.840 bits per heavy atom. The molecule has 0 aliphatic heterocycles. The number of carbonyl (C=O) groups is 1. The summed E-state index contributed by atoms with van der Waals surface area (Å²) in [4.78, 5) is 16.4. The minimum absolute atomic E-state index is 0.825. The summed E-state index contributed by atoms with van der Waals surface area (Å²) >= 11 is 0. The predicted octanol–water partition coefficient (Wildman–Crippen LogP) is 3.83. The molecule has 2 aromatic carbocycles. The van der Waals surface area contributed by atoms with Crippen LogP contribution in [0.1, 0.15) is 29.2 Å². The Balaban J connectivity index is 2.66. The van der Waals surface area contributed by atoms with Gasteiger partial charge in [-0.05, 0) is 67.3 Å². The molecular weight excluding hydrogens is 312 g/mol. The van der Waals surface area contributed by atoms with Crippen LogP contribution in [-0.2, 0) is 10.2 Å². The van der Waals surface area contributed by atoms with Crippen LogP contribution in [-0.4, -0.2) is 39.3 Å². The molecule has 0 bridgehead atoms. The van der Waals surface area contributed by atoms with Gasteiger partial charge in [0.25, 0.3) is 0 Å². The van der Waals surface area contributed by atoms with Crippen LogP contribution in [0.15, 0.2) is 36.4 Å². The second kappa shape index (κ2) is 6.79. The summed E-state index contributed by atoms with van der Waals surface area (Å²) < 4.78 is 0. The maximum atomic E-state index is 12.3. The second-order valence-corrected chi connectivity index (χ2v) is 7.22. The highest BCUT2D eigenvalue weighted by Crippen LogP contribution is 2.38. The Bertz CT molecular complexity index is 737. The molecule has 134 valence electrons. The van der Waals surface area contributed by atoms with Crippen LogP contribution in [0.25, 0.3) is 0 Å². The van der Waals surface area contributed by atoms with E-state index in [9.17, 15) is 9.90 Å². The van der Waals surface area contributed by atoms with Gasteiger partial charge >= 0.3 is 5.97 Å². The average Bonchev–Trinajstić information content (AvgIpc) is 2.53. The highest BCUT2D eigenvalue weighted by molar-refractivity contribution is 5.87. The van der Waals surface area contributed by atoms with Gasteiger partial charge in [-0.2, -0.15) is 0 Å². The van der Waals surface area contributed by atoms with Gasteiger partial charge in [0.05, 0.1) is 0 Å². The second-order valence-electron chi connectivity index (χ2n) is 7.22. The molecule has 0 saturated carbocycles. The molecule has 0 amide bonds. The molecule has 4 heteroatoms. The number of rotatable bonds is 5. The lowest BCUT2D eigenvalue weighted by Crippen LogP contribution is -2.35. The first-order chi connectivity index (χ1) is 11.6. The van der Waals surface area contributed by atoms with Crippen molar-refractivity contribution in [3.05, 3.63) is 58.7 Å². The number of hydrogen-bond donors (Lipinski definition) is 1. The molecule has 25 heavy (non-hydrogen) atoms. The summed E-state index contributed by atoms with van der Waals surface area (Å²) in [5.41, 5.74) is 4.64. The number of hydrogen-bond acceptors (Lipinski definition) is 3. The largest absolute Gasteiger partial charge is 0.480 e. The number of nitrogens with zero attached hydrogens (tertiary/aromatic N) is 2. The van der Waals surface area contributed by atoms with Gasteiger partial charge in [-0.25, -0.2) is 0 Å². The highest BCUT2D eigenvalue weighted by atomic mass is 16.4. The van der Waals surface area contributed by atoms with E-state index in [1.807, 2.05) is 88.2 Å². The topological polar surface area (TPSA) is 43.8 Å². The minimum atomic E-state index is -1.09. The Kier molecular flexibility index (Phi) is 5.12. The zero-order valence-corrected chi connectivity index (χ0v) is 16.2. The number of aliphatic carboxylic acids is 1. The van der Waals surface area contributed by atoms with E-state index in [1.165, 1.54) is 0 Å². The summed E-state index contributed by atoms with van der Waals surface area (Å²) in [6, 6.07) is 11.9. The lowest BCUT2D eigenvalue weighted by Gasteiger charge is -2.30. The number of aryl methyl sites for hydroxylation is 2. The fourth-order valence-electron chi connectivity index (χ4n) is 3.35. The molecule has 0 aliphatic carbocycles. The molecule has 0 fully saturated rings. The van der Waals surface area contributed by atoms with Crippen LogP contribution in [0.2, 0.25) is 0 Å². The molecule has 2 rings (SSSR count). The van der Waals surface area contributed by atoms with E-state index in [0.29, 0.717) is 0 Å². The SMILES string of the molecule is Cc1cc(N(C)C)ccc1C(C)(C(=O)O)c1ccc(N(C)C)cc1C. The molecule has 0 atom stereocenters. The molecule has 4 nitrogen and oxygen atoms in total. The monoisotopic (exact) mass is 340 g/mol. The third kappa shape index (κ3) is 3.34. The smallest absolute Gasteiger partial charge is 0.318 e. The van der Waals surface area contributed by atoms with Crippen molar-refractivity contribution >= 4 is 17.3 Å². The Labute approximate surface area is 150 Å². The summed E-state index contributed by atoms with van der Waals surface area (Å²) in [7, 11) is 7.92. The predicted molar refractivity (Wildman–Crippen MR) is 105 cm³/mol. The van der Waals surface area contributed by atoms with Crippen LogP contribution in [0.5, 0.6) is 0 Å². The standard InChI is InChI=1S/C21H28N2O2/c1-14-12-16(22(4)5)8-10-18(14)21(3,20(24)25)19-11-9-17(23(6)7)13-15(19)2/h8-13H,1-7H3,(H,24,25). The fourth-order valence-corrected chi connectivity index (χ4v) is 3.35. The van der Waals surface area contributed by atoms with Gasteiger partial charge in [-0.15, -0.1) is 0 Å². The Morgan fingerprint density at radius 3 is 1.44 bits per heavy atom. The quantitative estimate of drug-likeness (QED) is 0.898. The lowest BCUT2D eigenvalue weighted by molar-refractivity contribution is -0.141. The van der Waals surface area contributed by atoms with E-state index in [2.05, 4.69) is 0 Å². The van der Waals surface area contributed by atoms with Gasteiger partial charge in [0.15, 0.2) is 0 Å². The minimum Gasteiger partial charge on any atom is -0.480 e. The zero-order valence-electron chi connectivity index (χ0n) is 16.2. The van der Waals surface area contributed by atoms with Crippen molar-refractivity contribution in [3.63, 3.8) is 0 Å². The van der Waals surface area contributed by atoms with Crippen LogP contribution in [0.4, 0.5) is 11.4 Å². The summed E-state index contributed by atoms with van der Waals surface area (Å²) in [5.74, 6) is -0.839. The van der Waals surface area contributed by atoms with Crippen LogP contribution >= 0.6 is 0 Å². The highest BCUT2D eigenvalue weighted by Gasteiger charge is 2.39. The summed E-state index contributed by atoms with van der Waals surface area (Å²) in [5, 5.41) is 10.1. The van der Waals surface area contributed by atoms with Crippen molar-refractivity contribution < 1.29 is 9.90 Å². The van der Waals surface area contributed by atoms with Gasteiger partial charge in [-0.3, -0.25) is 4.79 Å². The summed E-state index contributed by atoms with van der Waals surface area (Å²) in [6.45, 7) is 5.75. The molecular formula is C21H28N2O2. The van der Waals surface area contributed by atoms with Crippen molar-refractivity contribution in [2.24, 2.45) is 0 Å². The van der Waals surface area contributed by atoms with E-state index < -0.39 is 11.4 Å². The van der Waals surface area contributed by atoms with Crippen molar-refractivity contribution in [1.82, 2.24) is 0 Å². The van der Waals surface area contributed by atoms with E-state index in [1.54, 1.807) is 6.92 Å². The maximum Gasteiger partial charge on any atom is 0.318 e. The first-order valence-electron chi connectivity index (χ1n) is 8.39. The maximum absolute atomic E-state index is 12.3. The van der Waals surface area contributed by atoms with Crippen molar-refractivity contribution in [2.75, 3.05) is 38.0 Å². The van der Waals surface area contributed by atoms with Crippen molar-refractivity contribution in [3.8, 4) is 0 Å². The van der Waals surface area contributed by atoms with Crippen LogP contribution < -0.4 is 9.80 Å². The number of carboxylic acid groups (broad SMARTS) is 1. The van der Waals surface area contributed by atoms with Crippen molar-refractivity contribution in [2.45, 2.75) is 26.2 Å². The Hall–Kier alpha value is -2.49. The number of benzene rings is 2. The molecule has 0 unspecified atom stereocenters. The van der Waals surface area contributed by atoms with Crippen LogP contribution in [0, 0.1) is 13.8 Å². The van der Waals surface area contributed by atoms with E-state index in [-0.39, 0.29) is 0 Å². The first-order valence-corrected chi connectivity index (χ1v) is 8.39. The molecule has 0 heterocycles. The van der Waals surface area contributed by atoms with E-state index >= 15 is 0 Å². The third-order valence-corrected chi connectivity index (χ3v) is 4.96. The molecule has 1 N–H and O–H groups in total. The zero-order chi connectivity index (χ0) is 18.9. The molecule has 0 radical (unpaired) electrons. The van der Waals surface area contributed by atoms with E-state index in [0.717, 1.165) is 33.6 Å². The van der Waals surface area contributed by atoms with Gasteiger partial charge in [0, 0.05) is 39.6 Å². The Morgan fingerprint density at radius 2 is 1.20 bits per heavy atom. The molecule has 2 aromatic rings. The van der Waals surface area contributed by atoms with Gasteiger partial charge in [-0.1, -0.05) is 12.1 Å². The molecule has 0 aromatic heterocycles. The molecule has 0 aliphatic rings. The van der Waals surface area contributed by atoms with Gasteiger partial charge in [0.2, 0.25) is 0 Å². The van der Waals surface area contributed by atoms with Crippen molar-refractivity contribution in [1.29, 1.82) is 0 Å².